The molecular weight excluding hydrogens is 351 g/mol. The largest absolute Gasteiger partial charge is 0.339 e. The topological polar surface area (TPSA) is 29.3 Å². The Morgan fingerprint density at radius 2 is 1.67 bits per heavy atom. The number of fused-ring (bicyclic) bond motifs is 1. The van der Waals surface area contributed by atoms with Crippen LogP contribution in [-0.4, -0.2) is 9.38 Å². The van der Waals surface area contributed by atoms with Crippen LogP contribution in [0.25, 0.3) is 16.9 Å². The molecule has 0 aliphatic heterocycles. The van der Waals surface area contributed by atoms with Crippen LogP contribution in [0.15, 0.2) is 60.7 Å². The Kier molecular flexibility index (Phi) is 4.32. The maximum Gasteiger partial charge on any atom is 0.143 e. The lowest BCUT2D eigenvalue weighted by Gasteiger charge is -2.12. The lowest BCUT2D eigenvalue weighted by molar-refractivity contribution is 0.585. The van der Waals surface area contributed by atoms with Crippen molar-refractivity contribution in [2.75, 3.05) is 5.32 Å². The van der Waals surface area contributed by atoms with Gasteiger partial charge in [-0.25, -0.2) is 18.2 Å². The fraction of sp³-hybridized carbons (Fsp3) is 0.0952. The van der Waals surface area contributed by atoms with E-state index in [1.165, 1.54) is 24.3 Å². The molecule has 0 spiro atoms. The van der Waals surface area contributed by atoms with E-state index in [2.05, 4.69) is 10.3 Å². The predicted octanol–water partition coefficient (Wildman–Crippen LogP) is 5.72. The Bertz CT molecular complexity index is 1120. The number of nitrogens with zero attached hydrogens (tertiary/aromatic N) is 2. The highest BCUT2D eigenvalue weighted by molar-refractivity contribution is 5.80. The zero-order valence-corrected chi connectivity index (χ0v) is 14.5. The zero-order chi connectivity index (χ0) is 19.0. The Morgan fingerprint density at radius 1 is 0.926 bits per heavy atom. The van der Waals surface area contributed by atoms with Gasteiger partial charge in [-0.05, 0) is 55.0 Å². The lowest BCUT2D eigenvalue weighted by Crippen LogP contribution is -2.02. The highest BCUT2D eigenvalue weighted by atomic mass is 19.1. The van der Waals surface area contributed by atoms with Gasteiger partial charge in [0.25, 0.3) is 0 Å². The molecule has 0 unspecified atom stereocenters. The summed E-state index contributed by atoms with van der Waals surface area (Å²) >= 11 is 0. The summed E-state index contributed by atoms with van der Waals surface area (Å²) in [6.45, 7) is 2.01. The SMILES string of the molecule is CCc1cccc2nc(-c3ccc(F)cc3F)c(Nc3ccc(F)cc3)n12. The van der Waals surface area contributed by atoms with E-state index < -0.39 is 11.6 Å². The number of pyridine rings is 1. The molecule has 6 heteroatoms. The maximum absolute atomic E-state index is 14.5. The van der Waals surface area contributed by atoms with E-state index in [4.69, 9.17) is 0 Å². The Morgan fingerprint density at radius 3 is 2.37 bits per heavy atom. The van der Waals surface area contributed by atoms with E-state index >= 15 is 0 Å². The summed E-state index contributed by atoms with van der Waals surface area (Å²) in [6.07, 6.45) is 0.733. The van der Waals surface area contributed by atoms with Gasteiger partial charge in [0.15, 0.2) is 0 Å². The van der Waals surface area contributed by atoms with Crippen LogP contribution in [0.2, 0.25) is 0 Å². The van der Waals surface area contributed by atoms with Gasteiger partial charge in [0, 0.05) is 23.0 Å². The highest BCUT2D eigenvalue weighted by Gasteiger charge is 2.19. The van der Waals surface area contributed by atoms with Crippen molar-refractivity contribution < 1.29 is 13.2 Å². The van der Waals surface area contributed by atoms with Crippen LogP contribution >= 0.6 is 0 Å². The van der Waals surface area contributed by atoms with Crippen LogP contribution in [0, 0.1) is 17.5 Å². The molecule has 0 saturated carbocycles. The molecule has 0 radical (unpaired) electrons. The van der Waals surface area contributed by atoms with Crippen molar-refractivity contribution in [1.29, 1.82) is 0 Å². The Balaban J connectivity index is 1.96. The molecule has 2 aromatic heterocycles. The van der Waals surface area contributed by atoms with Gasteiger partial charge in [-0.2, -0.15) is 0 Å². The second-order valence-corrected chi connectivity index (χ2v) is 6.13. The Labute approximate surface area is 154 Å². The number of halogens is 3. The van der Waals surface area contributed by atoms with Crippen LogP contribution in [0.4, 0.5) is 24.7 Å². The smallest absolute Gasteiger partial charge is 0.143 e. The van der Waals surface area contributed by atoms with Crippen molar-refractivity contribution in [1.82, 2.24) is 9.38 Å². The molecule has 136 valence electrons. The molecule has 0 atom stereocenters. The first-order valence-electron chi connectivity index (χ1n) is 8.55. The summed E-state index contributed by atoms with van der Waals surface area (Å²) in [7, 11) is 0. The third kappa shape index (κ3) is 3.14. The first-order valence-corrected chi connectivity index (χ1v) is 8.55. The van der Waals surface area contributed by atoms with Crippen molar-refractivity contribution in [2.45, 2.75) is 13.3 Å². The number of anilines is 2. The second kappa shape index (κ2) is 6.79. The van der Waals surface area contributed by atoms with Crippen molar-refractivity contribution in [3.63, 3.8) is 0 Å². The molecule has 2 heterocycles. The van der Waals surface area contributed by atoms with Gasteiger partial charge >= 0.3 is 0 Å². The van der Waals surface area contributed by atoms with Crippen LogP contribution in [0.3, 0.4) is 0 Å². The number of rotatable bonds is 4. The van der Waals surface area contributed by atoms with E-state index in [1.54, 1.807) is 12.1 Å². The first kappa shape index (κ1) is 17.1. The predicted molar refractivity (Wildman–Crippen MR) is 99.6 cm³/mol. The van der Waals surface area contributed by atoms with E-state index in [9.17, 15) is 13.2 Å². The van der Waals surface area contributed by atoms with Gasteiger partial charge in [-0.15, -0.1) is 0 Å². The summed E-state index contributed by atoms with van der Waals surface area (Å²) in [5.74, 6) is -1.15. The number of aromatic nitrogens is 2. The summed E-state index contributed by atoms with van der Waals surface area (Å²) in [5, 5.41) is 3.21. The summed E-state index contributed by atoms with van der Waals surface area (Å²) < 4.78 is 42.9. The molecule has 4 rings (SSSR count). The van der Waals surface area contributed by atoms with Gasteiger partial charge < -0.3 is 5.32 Å². The average molecular weight is 367 g/mol. The molecule has 27 heavy (non-hydrogen) atoms. The molecular formula is C21H16F3N3. The van der Waals surface area contributed by atoms with E-state index in [1.807, 2.05) is 29.5 Å². The molecule has 0 aliphatic rings. The minimum atomic E-state index is -0.696. The average Bonchev–Trinajstić information content (AvgIpc) is 3.02. The molecule has 0 bridgehead atoms. The van der Waals surface area contributed by atoms with Crippen LogP contribution in [0.1, 0.15) is 12.6 Å². The first-order chi connectivity index (χ1) is 13.1. The minimum absolute atomic E-state index is 0.187. The molecule has 3 nitrogen and oxygen atoms in total. The maximum atomic E-state index is 14.5. The second-order valence-electron chi connectivity index (χ2n) is 6.13. The fourth-order valence-corrected chi connectivity index (χ4v) is 3.09. The van der Waals surface area contributed by atoms with Crippen LogP contribution in [-0.2, 0) is 6.42 Å². The molecule has 1 N–H and O–H groups in total. The van der Waals surface area contributed by atoms with Crippen LogP contribution in [0.5, 0.6) is 0 Å². The van der Waals surface area contributed by atoms with Gasteiger partial charge in [0.2, 0.25) is 0 Å². The Hall–Kier alpha value is -3.28. The zero-order valence-electron chi connectivity index (χ0n) is 14.5. The summed E-state index contributed by atoms with van der Waals surface area (Å²) in [6, 6.07) is 14.9. The standard InChI is InChI=1S/C21H16F3N3/c1-2-16-4-3-5-19-26-20(17-11-8-14(23)12-18(17)24)21(27(16)19)25-15-9-6-13(22)7-10-15/h3-12,25H,2H2,1H3. The fourth-order valence-electron chi connectivity index (χ4n) is 3.09. The third-order valence-electron chi connectivity index (χ3n) is 4.38. The van der Waals surface area contributed by atoms with Gasteiger partial charge in [0.1, 0.15) is 34.6 Å². The molecule has 0 fully saturated rings. The highest BCUT2D eigenvalue weighted by Crippen LogP contribution is 2.34. The molecule has 0 aliphatic carbocycles. The number of hydrogen-bond acceptors (Lipinski definition) is 2. The van der Waals surface area contributed by atoms with Crippen LogP contribution < -0.4 is 5.32 Å². The molecule has 0 saturated heterocycles. The van der Waals surface area contributed by atoms with Crippen molar-refractivity contribution in [3.8, 4) is 11.3 Å². The summed E-state index contributed by atoms with van der Waals surface area (Å²) in [4.78, 5) is 4.56. The minimum Gasteiger partial charge on any atom is -0.339 e. The molecule has 2 aromatic carbocycles. The van der Waals surface area contributed by atoms with Crippen molar-refractivity contribution in [2.24, 2.45) is 0 Å². The number of benzene rings is 2. The number of hydrogen-bond donors (Lipinski definition) is 1. The van der Waals surface area contributed by atoms with Gasteiger partial charge in [-0.3, -0.25) is 4.40 Å². The van der Waals surface area contributed by atoms with Crippen molar-refractivity contribution in [3.05, 3.63) is 83.8 Å². The normalized spacial score (nSPS) is 11.1. The molecule has 4 aromatic rings. The van der Waals surface area contributed by atoms with Gasteiger partial charge in [-0.1, -0.05) is 13.0 Å². The number of aryl methyl sites for hydroxylation is 1. The monoisotopic (exact) mass is 367 g/mol. The van der Waals surface area contributed by atoms with E-state index in [0.717, 1.165) is 18.2 Å². The third-order valence-corrected chi connectivity index (χ3v) is 4.38. The number of nitrogens with one attached hydrogen (secondary N) is 1. The molecule has 0 amide bonds. The summed E-state index contributed by atoms with van der Waals surface area (Å²) in [5.41, 5.74) is 2.79. The quantitative estimate of drug-likeness (QED) is 0.499. The van der Waals surface area contributed by atoms with E-state index in [-0.39, 0.29) is 11.4 Å². The van der Waals surface area contributed by atoms with E-state index in [0.29, 0.717) is 22.8 Å². The lowest BCUT2D eigenvalue weighted by atomic mass is 10.1. The number of imidazole rings is 1. The van der Waals surface area contributed by atoms with Gasteiger partial charge in [0.05, 0.1) is 0 Å². The van der Waals surface area contributed by atoms with Crippen molar-refractivity contribution >= 4 is 17.2 Å².